The van der Waals surface area contributed by atoms with E-state index < -0.39 is 17.5 Å². The number of nitrogens with one attached hydrogen (secondary N) is 2. The summed E-state index contributed by atoms with van der Waals surface area (Å²) in [4.78, 5) is 21.5. The average Bonchev–Trinajstić information content (AvgIpc) is 2.04. The van der Waals surface area contributed by atoms with Crippen LogP contribution in [0.3, 0.4) is 0 Å². The highest BCUT2D eigenvalue weighted by Gasteiger charge is 2.41. The molecule has 1 rings (SSSR count). The molecule has 4 N–H and O–H groups in total. The molecular formula is C6H11N3O2. The van der Waals surface area contributed by atoms with E-state index in [2.05, 4.69) is 10.6 Å². The minimum Gasteiger partial charge on any atom is -0.368 e. The average molecular weight is 157 g/mol. The Morgan fingerprint density at radius 2 is 2.18 bits per heavy atom. The van der Waals surface area contributed by atoms with E-state index in [9.17, 15) is 9.59 Å². The zero-order valence-corrected chi connectivity index (χ0v) is 6.47. The van der Waals surface area contributed by atoms with Crippen LogP contribution in [0.2, 0.25) is 0 Å². The summed E-state index contributed by atoms with van der Waals surface area (Å²) in [5.74, 6) is -0.520. The minimum atomic E-state index is -0.616. The van der Waals surface area contributed by atoms with Crippen molar-refractivity contribution in [3.63, 3.8) is 0 Å². The monoisotopic (exact) mass is 157 g/mol. The normalized spacial score (nSPS) is 27.5. The summed E-state index contributed by atoms with van der Waals surface area (Å²) in [6, 6.07) is -0.964. The second-order valence-electron chi connectivity index (χ2n) is 3.16. The SMILES string of the molecule is CC1(C)NC(=O)NC1C(N)=O. The van der Waals surface area contributed by atoms with Crippen LogP contribution >= 0.6 is 0 Å². The smallest absolute Gasteiger partial charge is 0.316 e. The Hall–Kier alpha value is -1.26. The summed E-state index contributed by atoms with van der Waals surface area (Å²) in [5, 5.41) is 4.99. The first-order valence-corrected chi connectivity index (χ1v) is 3.31. The van der Waals surface area contributed by atoms with Gasteiger partial charge in [-0.1, -0.05) is 0 Å². The van der Waals surface area contributed by atoms with Gasteiger partial charge in [0.25, 0.3) is 0 Å². The number of primary amides is 1. The van der Waals surface area contributed by atoms with Crippen LogP contribution in [0.5, 0.6) is 0 Å². The van der Waals surface area contributed by atoms with Crippen LogP contribution in [0.15, 0.2) is 0 Å². The van der Waals surface area contributed by atoms with Crippen LogP contribution in [0.1, 0.15) is 13.8 Å². The van der Waals surface area contributed by atoms with Gasteiger partial charge in [-0.05, 0) is 13.8 Å². The van der Waals surface area contributed by atoms with Gasteiger partial charge in [0.2, 0.25) is 5.91 Å². The molecule has 0 aromatic rings. The van der Waals surface area contributed by atoms with E-state index in [0.29, 0.717) is 0 Å². The molecule has 1 heterocycles. The second-order valence-corrected chi connectivity index (χ2v) is 3.16. The number of rotatable bonds is 1. The number of hydrogen-bond acceptors (Lipinski definition) is 2. The van der Waals surface area contributed by atoms with Crippen molar-refractivity contribution in [2.24, 2.45) is 5.73 Å². The van der Waals surface area contributed by atoms with Crippen molar-refractivity contribution < 1.29 is 9.59 Å². The number of hydrogen-bond donors (Lipinski definition) is 3. The molecule has 0 bridgehead atoms. The molecule has 5 nitrogen and oxygen atoms in total. The van der Waals surface area contributed by atoms with Crippen LogP contribution < -0.4 is 16.4 Å². The molecule has 0 aliphatic carbocycles. The predicted octanol–water partition coefficient (Wildman–Crippen LogP) is -1.07. The third kappa shape index (κ3) is 1.26. The van der Waals surface area contributed by atoms with E-state index in [1.807, 2.05) is 0 Å². The van der Waals surface area contributed by atoms with Crippen LogP contribution in [0, 0.1) is 0 Å². The Morgan fingerprint density at radius 3 is 2.36 bits per heavy atom. The van der Waals surface area contributed by atoms with Gasteiger partial charge >= 0.3 is 6.03 Å². The van der Waals surface area contributed by atoms with E-state index in [1.54, 1.807) is 13.8 Å². The summed E-state index contributed by atoms with van der Waals surface area (Å²) >= 11 is 0. The van der Waals surface area contributed by atoms with Gasteiger partial charge in [-0.2, -0.15) is 0 Å². The number of nitrogens with two attached hydrogens (primary N) is 1. The lowest BCUT2D eigenvalue weighted by Gasteiger charge is -2.21. The molecule has 1 unspecified atom stereocenters. The van der Waals surface area contributed by atoms with Crippen LogP contribution in [-0.4, -0.2) is 23.5 Å². The summed E-state index contributed by atoms with van der Waals surface area (Å²) in [7, 11) is 0. The minimum absolute atomic E-state index is 0.348. The van der Waals surface area contributed by atoms with Gasteiger partial charge in [0.15, 0.2) is 0 Å². The number of amides is 3. The standard InChI is InChI=1S/C6H11N3O2/c1-6(2)3(4(7)10)8-5(11)9-6/h3H,1-2H3,(H2,7,10)(H2,8,9,11). The van der Waals surface area contributed by atoms with Gasteiger partial charge in [0.05, 0.1) is 5.54 Å². The van der Waals surface area contributed by atoms with Gasteiger partial charge in [-0.3, -0.25) is 4.79 Å². The van der Waals surface area contributed by atoms with E-state index >= 15 is 0 Å². The van der Waals surface area contributed by atoms with Crippen LogP contribution in [-0.2, 0) is 4.79 Å². The topological polar surface area (TPSA) is 84.2 Å². The van der Waals surface area contributed by atoms with Crippen molar-refractivity contribution in [1.82, 2.24) is 10.6 Å². The first-order chi connectivity index (χ1) is 4.93. The highest BCUT2D eigenvalue weighted by Crippen LogP contribution is 2.13. The van der Waals surface area contributed by atoms with Crippen molar-refractivity contribution in [3.05, 3.63) is 0 Å². The molecule has 11 heavy (non-hydrogen) atoms. The summed E-state index contributed by atoms with van der Waals surface area (Å²) in [6.45, 7) is 3.47. The first kappa shape index (κ1) is 7.84. The fourth-order valence-electron chi connectivity index (χ4n) is 1.14. The van der Waals surface area contributed by atoms with E-state index in [0.717, 1.165) is 0 Å². The third-order valence-electron chi connectivity index (χ3n) is 1.72. The van der Waals surface area contributed by atoms with Gasteiger partial charge < -0.3 is 16.4 Å². The molecule has 3 amide bonds. The van der Waals surface area contributed by atoms with E-state index in [-0.39, 0.29) is 6.03 Å². The van der Waals surface area contributed by atoms with Gasteiger partial charge in [-0.15, -0.1) is 0 Å². The molecule has 0 aromatic heterocycles. The summed E-state index contributed by atoms with van der Waals surface area (Å²) < 4.78 is 0. The number of carbonyl (C=O) groups is 2. The molecule has 62 valence electrons. The molecule has 0 radical (unpaired) electrons. The molecule has 0 aromatic carbocycles. The second kappa shape index (κ2) is 2.11. The Kier molecular flexibility index (Phi) is 1.51. The molecule has 1 aliphatic rings. The Bertz CT molecular complexity index is 212. The largest absolute Gasteiger partial charge is 0.368 e. The highest BCUT2D eigenvalue weighted by atomic mass is 16.2. The molecule has 0 saturated carbocycles. The van der Waals surface area contributed by atoms with Crippen LogP contribution in [0.25, 0.3) is 0 Å². The van der Waals surface area contributed by atoms with Crippen molar-refractivity contribution >= 4 is 11.9 Å². The summed E-state index contributed by atoms with van der Waals surface area (Å²) in [5.41, 5.74) is 4.46. The molecule has 0 spiro atoms. The maximum atomic E-state index is 10.7. The van der Waals surface area contributed by atoms with Crippen LogP contribution in [0.4, 0.5) is 4.79 Å². The van der Waals surface area contributed by atoms with Crippen molar-refractivity contribution in [2.45, 2.75) is 25.4 Å². The first-order valence-electron chi connectivity index (χ1n) is 3.31. The Morgan fingerprint density at radius 1 is 1.64 bits per heavy atom. The molecule has 1 saturated heterocycles. The number of carbonyl (C=O) groups excluding carboxylic acids is 2. The predicted molar refractivity (Wildman–Crippen MR) is 38.7 cm³/mol. The van der Waals surface area contributed by atoms with E-state index in [1.165, 1.54) is 0 Å². The number of urea groups is 1. The maximum Gasteiger partial charge on any atom is 0.316 e. The van der Waals surface area contributed by atoms with Crippen molar-refractivity contribution in [3.8, 4) is 0 Å². The van der Waals surface area contributed by atoms with Crippen molar-refractivity contribution in [1.29, 1.82) is 0 Å². The zero-order chi connectivity index (χ0) is 8.65. The van der Waals surface area contributed by atoms with Crippen molar-refractivity contribution in [2.75, 3.05) is 0 Å². The third-order valence-corrected chi connectivity index (χ3v) is 1.72. The maximum absolute atomic E-state index is 10.7. The molecular weight excluding hydrogens is 146 g/mol. The van der Waals surface area contributed by atoms with Gasteiger partial charge in [-0.25, -0.2) is 4.79 Å². The lowest BCUT2D eigenvalue weighted by molar-refractivity contribution is -0.120. The fourth-order valence-corrected chi connectivity index (χ4v) is 1.14. The molecule has 5 heteroatoms. The van der Waals surface area contributed by atoms with E-state index in [4.69, 9.17) is 5.73 Å². The van der Waals surface area contributed by atoms with Gasteiger partial charge in [0, 0.05) is 0 Å². The molecule has 1 fully saturated rings. The highest BCUT2D eigenvalue weighted by molar-refractivity contribution is 5.91. The Balaban J connectivity index is 2.82. The molecule has 1 atom stereocenters. The fraction of sp³-hybridized carbons (Fsp3) is 0.667. The summed E-state index contributed by atoms with van der Waals surface area (Å²) in [6.07, 6.45) is 0. The Labute approximate surface area is 64.3 Å². The lowest BCUT2D eigenvalue weighted by Crippen LogP contribution is -2.51. The van der Waals surface area contributed by atoms with Gasteiger partial charge in [0.1, 0.15) is 6.04 Å². The zero-order valence-electron chi connectivity index (χ0n) is 6.47. The lowest BCUT2D eigenvalue weighted by atomic mass is 9.97. The quantitative estimate of drug-likeness (QED) is 0.453. The molecule has 1 aliphatic heterocycles.